The molecule has 3 heteroatoms. The summed E-state index contributed by atoms with van der Waals surface area (Å²) in [6.07, 6.45) is 0. The first-order valence-corrected chi connectivity index (χ1v) is 13.8. The molecule has 0 fully saturated rings. The van der Waals surface area contributed by atoms with Crippen molar-refractivity contribution in [1.82, 2.24) is 4.57 Å². The highest BCUT2D eigenvalue weighted by atomic mass is 79.9. The molecule has 6 rings (SSSR count). The van der Waals surface area contributed by atoms with Crippen LogP contribution in [0.25, 0.3) is 38.6 Å². The van der Waals surface area contributed by atoms with Gasteiger partial charge in [-0.15, -0.1) is 0 Å². The summed E-state index contributed by atoms with van der Waals surface area (Å²) in [5, 5.41) is 5.68. The lowest BCUT2D eigenvalue weighted by atomic mass is 10.0. The number of fused-ring (bicyclic) bond motifs is 7. The van der Waals surface area contributed by atoms with Crippen LogP contribution in [-0.2, 0) is 0 Å². The Balaban J connectivity index is 1.91. The molecule has 140 valence electrons. The van der Waals surface area contributed by atoms with Crippen molar-refractivity contribution >= 4 is 56.2 Å². The van der Waals surface area contributed by atoms with E-state index in [0.29, 0.717) is 0 Å². The van der Waals surface area contributed by atoms with Crippen LogP contribution in [-0.4, -0.2) is 12.6 Å². The topological polar surface area (TPSA) is 4.93 Å². The van der Waals surface area contributed by atoms with Crippen molar-refractivity contribution in [2.75, 3.05) is 0 Å². The normalized spacial score (nSPS) is 14.3. The maximum atomic E-state index is 3.98. The molecular weight excluding hydrogens is 434 g/mol. The molecule has 0 aliphatic carbocycles. The predicted molar refractivity (Wildman–Crippen MR) is 131 cm³/mol. The van der Waals surface area contributed by atoms with E-state index in [0.717, 1.165) is 0 Å². The van der Waals surface area contributed by atoms with Gasteiger partial charge in [-0.3, -0.25) is 0 Å². The Morgan fingerprint density at radius 3 is 2.28 bits per heavy atom. The molecule has 5 aromatic rings. The molecule has 2 heterocycles. The lowest BCUT2D eigenvalue weighted by molar-refractivity contribution is 1.18. The van der Waals surface area contributed by atoms with Crippen LogP contribution >= 0.6 is 15.9 Å². The smallest absolute Gasteiger partial charge is 0.115 e. The molecule has 0 radical (unpaired) electrons. The Labute approximate surface area is 179 Å². The molecule has 0 atom stereocenters. The van der Waals surface area contributed by atoms with Crippen molar-refractivity contribution in [2.24, 2.45) is 0 Å². The van der Waals surface area contributed by atoms with E-state index in [1.165, 1.54) is 53.5 Å². The first-order valence-electron chi connectivity index (χ1n) is 10.0. The monoisotopic (exact) mass is 453 g/mol. The van der Waals surface area contributed by atoms with Gasteiger partial charge in [-0.25, -0.2) is 0 Å². The SMILES string of the molecule is C[Si]1(C)c2ccccc2-c2c1c(Br)cc1c3ccccc3n(-c3ccccc3)c21. The summed E-state index contributed by atoms with van der Waals surface area (Å²) in [4.78, 5) is 0. The van der Waals surface area contributed by atoms with E-state index in [-0.39, 0.29) is 0 Å². The fraction of sp³-hybridized carbons (Fsp3) is 0.0769. The third-order valence-electron chi connectivity index (χ3n) is 6.42. The number of rotatable bonds is 1. The summed E-state index contributed by atoms with van der Waals surface area (Å²) < 4.78 is 3.71. The standard InChI is InChI=1S/C26H20BrNSi/c1-29(2)23-15-9-7-13-19(23)24-25-20(16-21(27)26(24)29)18-12-6-8-14-22(18)28(25)17-10-4-3-5-11-17/h3-16H,1-2H3. The fourth-order valence-corrected chi connectivity index (χ4v) is 10.3. The number of aromatic nitrogens is 1. The molecule has 0 spiro atoms. The Hall–Kier alpha value is -2.62. The van der Waals surface area contributed by atoms with Gasteiger partial charge in [0.15, 0.2) is 0 Å². The van der Waals surface area contributed by atoms with Crippen molar-refractivity contribution in [1.29, 1.82) is 0 Å². The van der Waals surface area contributed by atoms with Crippen LogP contribution in [0.4, 0.5) is 0 Å². The van der Waals surface area contributed by atoms with Crippen LogP contribution in [0.5, 0.6) is 0 Å². The molecule has 0 unspecified atom stereocenters. The van der Waals surface area contributed by atoms with Crippen LogP contribution in [0, 0.1) is 0 Å². The minimum atomic E-state index is -1.78. The molecule has 1 aromatic heterocycles. The zero-order valence-corrected chi connectivity index (χ0v) is 19.0. The second-order valence-corrected chi connectivity index (χ2v) is 13.5. The molecule has 0 saturated carbocycles. The second-order valence-electron chi connectivity index (χ2n) is 8.36. The molecule has 0 saturated heterocycles. The van der Waals surface area contributed by atoms with Gasteiger partial charge in [0.05, 0.1) is 11.0 Å². The quantitative estimate of drug-likeness (QED) is 0.260. The highest BCUT2D eigenvalue weighted by Gasteiger charge is 2.41. The molecule has 0 bridgehead atoms. The maximum absolute atomic E-state index is 3.98. The number of para-hydroxylation sites is 2. The molecule has 0 amide bonds. The zero-order valence-electron chi connectivity index (χ0n) is 16.4. The highest BCUT2D eigenvalue weighted by Crippen LogP contribution is 2.42. The Morgan fingerprint density at radius 2 is 1.45 bits per heavy atom. The molecule has 1 aliphatic heterocycles. The van der Waals surface area contributed by atoms with Crippen molar-refractivity contribution in [3.8, 4) is 16.8 Å². The van der Waals surface area contributed by atoms with Gasteiger partial charge < -0.3 is 4.57 Å². The summed E-state index contributed by atoms with van der Waals surface area (Å²) in [5.74, 6) is 0. The zero-order chi connectivity index (χ0) is 19.8. The molecule has 4 aromatic carbocycles. The lowest BCUT2D eigenvalue weighted by Crippen LogP contribution is -2.49. The van der Waals surface area contributed by atoms with Crippen LogP contribution in [0.3, 0.4) is 0 Å². The van der Waals surface area contributed by atoms with Crippen LogP contribution in [0.15, 0.2) is 89.4 Å². The van der Waals surface area contributed by atoms with Gasteiger partial charge in [-0.05, 0) is 40.2 Å². The molecule has 1 nitrogen and oxygen atoms in total. The van der Waals surface area contributed by atoms with Gasteiger partial charge in [0.2, 0.25) is 0 Å². The Morgan fingerprint density at radius 1 is 0.759 bits per heavy atom. The summed E-state index contributed by atoms with van der Waals surface area (Å²) in [5.41, 5.74) is 6.64. The van der Waals surface area contributed by atoms with Crippen molar-refractivity contribution in [3.63, 3.8) is 0 Å². The number of halogens is 1. The van der Waals surface area contributed by atoms with Gasteiger partial charge in [-0.1, -0.05) is 89.7 Å². The van der Waals surface area contributed by atoms with Gasteiger partial charge in [0, 0.05) is 26.5 Å². The first kappa shape index (κ1) is 17.3. The van der Waals surface area contributed by atoms with Crippen LogP contribution < -0.4 is 10.4 Å². The number of benzene rings is 4. The lowest BCUT2D eigenvalue weighted by Gasteiger charge is -2.20. The summed E-state index contributed by atoms with van der Waals surface area (Å²) in [7, 11) is -1.78. The van der Waals surface area contributed by atoms with E-state index in [1.807, 2.05) is 0 Å². The number of nitrogens with zero attached hydrogens (tertiary/aromatic N) is 1. The summed E-state index contributed by atoms with van der Waals surface area (Å²) in [6.45, 7) is 4.95. The van der Waals surface area contributed by atoms with Gasteiger partial charge in [0.25, 0.3) is 0 Å². The van der Waals surface area contributed by atoms with E-state index in [4.69, 9.17) is 0 Å². The molecule has 1 aliphatic rings. The Kier molecular flexibility index (Phi) is 3.54. The third kappa shape index (κ3) is 2.20. The van der Waals surface area contributed by atoms with Gasteiger partial charge in [-0.2, -0.15) is 0 Å². The largest absolute Gasteiger partial charge is 0.309 e. The molecule has 29 heavy (non-hydrogen) atoms. The molecular formula is C26H20BrNSi. The maximum Gasteiger partial charge on any atom is 0.115 e. The van der Waals surface area contributed by atoms with E-state index >= 15 is 0 Å². The Bertz CT molecular complexity index is 1430. The van der Waals surface area contributed by atoms with Crippen LogP contribution in [0.2, 0.25) is 13.1 Å². The molecule has 0 N–H and O–H groups in total. The van der Waals surface area contributed by atoms with E-state index < -0.39 is 8.07 Å². The summed E-state index contributed by atoms with van der Waals surface area (Å²) >= 11 is 3.98. The van der Waals surface area contributed by atoms with E-state index in [9.17, 15) is 0 Å². The van der Waals surface area contributed by atoms with E-state index in [1.54, 1.807) is 0 Å². The van der Waals surface area contributed by atoms with Crippen molar-refractivity contribution in [2.45, 2.75) is 13.1 Å². The third-order valence-corrected chi connectivity index (χ3v) is 11.0. The summed E-state index contributed by atoms with van der Waals surface area (Å²) in [6, 6.07) is 30.9. The van der Waals surface area contributed by atoms with Crippen molar-refractivity contribution in [3.05, 3.63) is 89.4 Å². The predicted octanol–water partition coefficient (Wildman–Crippen LogP) is 6.35. The number of hydrogen-bond donors (Lipinski definition) is 0. The van der Waals surface area contributed by atoms with E-state index in [2.05, 4.69) is 119 Å². The minimum Gasteiger partial charge on any atom is -0.309 e. The number of hydrogen-bond acceptors (Lipinski definition) is 0. The highest BCUT2D eigenvalue weighted by molar-refractivity contribution is 9.10. The van der Waals surface area contributed by atoms with Crippen molar-refractivity contribution < 1.29 is 0 Å². The van der Waals surface area contributed by atoms with Gasteiger partial charge in [0.1, 0.15) is 8.07 Å². The van der Waals surface area contributed by atoms with Gasteiger partial charge >= 0.3 is 0 Å². The second kappa shape index (κ2) is 5.94. The average Bonchev–Trinajstić information content (AvgIpc) is 3.19. The van der Waals surface area contributed by atoms with Crippen LogP contribution in [0.1, 0.15) is 0 Å². The first-order chi connectivity index (χ1) is 14.1. The fourth-order valence-electron chi connectivity index (χ4n) is 5.19. The average molecular weight is 454 g/mol. The minimum absolute atomic E-state index is 1.21.